The van der Waals surface area contributed by atoms with Crippen LogP contribution in [0.3, 0.4) is 0 Å². The van der Waals surface area contributed by atoms with Crippen LogP contribution < -0.4 is 5.73 Å². The Morgan fingerprint density at radius 1 is 1.45 bits per heavy atom. The van der Waals surface area contributed by atoms with Gasteiger partial charge in [0.05, 0.1) is 4.92 Å². The number of benzene rings is 1. The molecule has 2 N–H and O–H groups in total. The van der Waals surface area contributed by atoms with Crippen LogP contribution in [0.15, 0.2) is 22.7 Å². The molecule has 0 radical (unpaired) electrons. The second kappa shape index (κ2) is 9.07. The van der Waals surface area contributed by atoms with Gasteiger partial charge in [-0.1, -0.05) is 29.8 Å². The monoisotopic (exact) mass is 393 g/mol. The molecule has 8 heteroatoms. The first-order chi connectivity index (χ1) is 9.73. The summed E-state index contributed by atoms with van der Waals surface area (Å²) >= 11 is 3.17. The Bertz CT molecular complexity index is 540. The number of nitrogens with two attached hydrogens (primary N) is 1. The smallest absolute Gasteiger partial charge is 0.283 e. The molecule has 1 aromatic carbocycles. The molecule has 0 heterocycles. The molecule has 0 aliphatic carbocycles. The Balaban J connectivity index is 0.00000441. The van der Waals surface area contributed by atoms with Gasteiger partial charge in [0.1, 0.15) is 5.56 Å². The average molecular weight is 395 g/mol. The summed E-state index contributed by atoms with van der Waals surface area (Å²) in [7, 11) is 1.63. The lowest BCUT2D eigenvalue weighted by Gasteiger charge is -2.21. The van der Waals surface area contributed by atoms with Crippen molar-refractivity contribution in [1.29, 1.82) is 0 Å². The molecule has 0 bridgehead atoms. The molecular weight excluding hydrogens is 374 g/mol. The summed E-state index contributed by atoms with van der Waals surface area (Å²) in [6, 6.07) is 4.42. The number of hydrogen-bond donors (Lipinski definition) is 1. The van der Waals surface area contributed by atoms with Gasteiger partial charge < -0.3 is 10.6 Å². The summed E-state index contributed by atoms with van der Waals surface area (Å²) < 4.78 is 0.565. The first-order valence-corrected chi connectivity index (χ1v) is 7.48. The number of carbonyl (C=O) groups excluding carboxylic acids is 1. The number of carbonyl (C=O) groups is 1. The highest BCUT2D eigenvalue weighted by molar-refractivity contribution is 9.10. The second-order valence-electron chi connectivity index (χ2n) is 5.34. The number of hydrogen-bond acceptors (Lipinski definition) is 4. The molecule has 1 amide bonds. The number of nitrogens with zero attached hydrogens (tertiary/aromatic N) is 2. The van der Waals surface area contributed by atoms with Crippen LogP contribution in [0.1, 0.15) is 30.6 Å². The van der Waals surface area contributed by atoms with E-state index in [9.17, 15) is 14.9 Å². The minimum atomic E-state index is -0.550. The molecule has 0 aliphatic heterocycles. The van der Waals surface area contributed by atoms with Crippen molar-refractivity contribution in [3.63, 3.8) is 0 Å². The number of rotatable bonds is 6. The van der Waals surface area contributed by atoms with Gasteiger partial charge in [-0.2, -0.15) is 0 Å². The first-order valence-electron chi connectivity index (χ1n) is 6.69. The quantitative estimate of drug-likeness (QED) is 0.592. The average Bonchev–Trinajstić information content (AvgIpc) is 2.43. The third kappa shape index (κ3) is 5.55. The van der Waals surface area contributed by atoms with Crippen molar-refractivity contribution in [3.05, 3.63) is 38.3 Å². The lowest BCUT2D eigenvalue weighted by atomic mass is 10.0. The number of nitro benzene ring substituents is 1. The Labute approximate surface area is 144 Å². The van der Waals surface area contributed by atoms with Crippen LogP contribution in [-0.4, -0.2) is 35.4 Å². The van der Waals surface area contributed by atoms with E-state index in [2.05, 4.69) is 15.9 Å². The van der Waals surface area contributed by atoms with Crippen LogP contribution in [0.4, 0.5) is 5.69 Å². The predicted molar refractivity (Wildman–Crippen MR) is 92.4 cm³/mol. The number of halogens is 2. The SMILES string of the molecule is CC(C)C(N)CCN(C)C(=O)c1ccc(Br)cc1[N+](=O)[O-].Cl. The topological polar surface area (TPSA) is 89.5 Å². The molecule has 1 rings (SSSR count). The summed E-state index contributed by atoms with van der Waals surface area (Å²) in [5.74, 6) is -0.0410. The first kappa shape index (κ1) is 20.8. The van der Waals surface area contributed by atoms with Crippen molar-refractivity contribution in [1.82, 2.24) is 4.90 Å². The van der Waals surface area contributed by atoms with Gasteiger partial charge in [0.2, 0.25) is 0 Å². The van der Waals surface area contributed by atoms with Crippen LogP contribution in [0, 0.1) is 16.0 Å². The third-order valence-electron chi connectivity index (χ3n) is 3.39. The molecule has 0 saturated heterocycles. The second-order valence-corrected chi connectivity index (χ2v) is 6.26. The van der Waals surface area contributed by atoms with Crippen molar-refractivity contribution < 1.29 is 9.72 Å². The molecule has 0 saturated carbocycles. The Morgan fingerprint density at radius 2 is 2.05 bits per heavy atom. The fourth-order valence-corrected chi connectivity index (χ4v) is 2.17. The largest absolute Gasteiger partial charge is 0.341 e. The van der Waals surface area contributed by atoms with Gasteiger partial charge in [-0.25, -0.2) is 0 Å². The molecule has 1 aromatic rings. The predicted octanol–water partition coefficient (Wildman–Crippen LogP) is 3.22. The van der Waals surface area contributed by atoms with E-state index in [-0.39, 0.29) is 35.6 Å². The van der Waals surface area contributed by atoms with Gasteiger partial charge in [0, 0.05) is 30.2 Å². The molecule has 0 fully saturated rings. The van der Waals surface area contributed by atoms with Gasteiger partial charge in [0.25, 0.3) is 11.6 Å². The van der Waals surface area contributed by atoms with E-state index < -0.39 is 4.92 Å². The zero-order chi connectivity index (χ0) is 16.2. The minimum Gasteiger partial charge on any atom is -0.341 e. The van der Waals surface area contributed by atoms with Crippen LogP contribution in [-0.2, 0) is 0 Å². The van der Waals surface area contributed by atoms with E-state index in [1.165, 1.54) is 17.0 Å². The Hall–Kier alpha value is -1.18. The normalized spacial score (nSPS) is 11.7. The fourth-order valence-electron chi connectivity index (χ4n) is 1.82. The highest BCUT2D eigenvalue weighted by Gasteiger charge is 2.23. The van der Waals surface area contributed by atoms with E-state index >= 15 is 0 Å². The van der Waals surface area contributed by atoms with Gasteiger partial charge >= 0.3 is 0 Å². The Kier molecular flexibility index (Phi) is 8.58. The number of nitro groups is 1. The fraction of sp³-hybridized carbons (Fsp3) is 0.500. The maximum absolute atomic E-state index is 12.3. The molecule has 1 unspecified atom stereocenters. The summed E-state index contributed by atoms with van der Waals surface area (Å²) in [4.78, 5) is 24.3. The number of amides is 1. The summed E-state index contributed by atoms with van der Waals surface area (Å²) in [6.07, 6.45) is 0.657. The van der Waals surface area contributed by atoms with E-state index in [1.54, 1.807) is 13.1 Å². The van der Waals surface area contributed by atoms with Crippen molar-refractivity contribution in [3.8, 4) is 0 Å². The van der Waals surface area contributed by atoms with Crippen LogP contribution >= 0.6 is 28.3 Å². The van der Waals surface area contributed by atoms with E-state index in [1.807, 2.05) is 13.8 Å². The highest BCUT2D eigenvalue weighted by atomic mass is 79.9. The molecule has 6 nitrogen and oxygen atoms in total. The standard InChI is InChI=1S/C14H20BrN3O3.ClH/c1-9(2)12(16)6-7-17(3)14(19)11-5-4-10(15)8-13(11)18(20)21;/h4-5,8-9,12H,6-7,16H2,1-3H3;1H. The van der Waals surface area contributed by atoms with Crippen molar-refractivity contribution in [2.75, 3.05) is 13.6 Å². The molecule has 22 heavy (non-hydrogen) atoms. The van der Waals surface area contributed by atoms with Gasteiger partial charge in [-0.15, -0.1) is 12.4 Å². The maximum atomic E-state index is 12.3. The van der Waals surface area contributed by atoms with Gasteiger partial charge in [-0.05, 0) is 24.5 Å². The molecule has 1 atom stereocenters. The van der Waals surface area contributed by atoms with E-state index in [4.69, 9.17) is 5.73 Å². The Morgan fingerprint density at radius 3 is 2.55 bits per heavy atom. The van der Waals surface area contributed by atoms with Crippen molar-refractivity contribution in [2.24, 2.45) is 11.7 Å². The van der Waals surface area contributed by atoms with Crippen molar-refractivity contribution >= 4 is 39.9 Å². The summed E-state index contributed by atoms with van der Waals surface area (Å²) in [6.45, 7) is 4.50. The molecular formula is C14H21BrClN3O3. The summed E-state index contributed by atoms with van der Waals surface area (Å²) in [5.41, 5.74) is 5.84. The maximum Gasteiger partial charge on any atom is 0.283 e. The zero-order valence-electron chi connectivity index (χ0n) is 12.8. The zero-order valence-corrected chi connectivity index (χ0v) is 15.2. The van der Waals surface area contributed by atoms with Crippen molar-refractivity contribution in [2.45, 2.75) is 26.3 Å². The molecule has 0 aromatic heterocycles. The molecule has 124 valence electrons. The molecule has 0 spiro atoms. The lowest BCUT2D eigenvalue weighted by molar-refractivity contribution is -0.385. The third-order valence-corrected chi connectivity index (χ3v) is 3.88. The van der Waals surface area contributed by atoms with Crippen LogP contribution in [0.25, 0.3) is 0 Å². The highest BCUT2D eigenvalue weighted by Crippen LogP contribution is 2.24. The van der Waals surface area contributed by atoms with E-state index in [0.717, 1.165) is 0 Å². The lowest BCUT2D eigenvalue weighted by Crippen LogP contribution is -2.34. The summed E-state index contributed by atoms with van der Waals surface area (Å²) in [5, 5.41) is 11.1. The van der Waals surface area contributed by atoms with Gasteiger partial charge in [0.15, 0.2) is 0 Å². The molecule has 0 aliphatic rings. The minimum absolute atomic E-state index is 0. The van der Waals surface area contributed by atoms with Crippen LogP contribution in [0.2, 0.25) is 0 Å². The van der Waals surface area contributed by atoms with E-state index in [0.29, 0.717) is 23.4 Å². The van der Waals surface area contributed by atoms with Gasteiger partial charge in [-0.3, -0.25) is 14.9 Å². The van der Waals surface area contributed by atoms with Crippen LogP contribution in [0.5, 0.6) is 0 Å².